The maximum atomic E-state index is 12.4. The summed E-state index contributed by atoms with van der Waals surface area (Å²) in [5, 5.41) is 8.33. The first-order valence-electron chi connectivity index (χ1n) is 3.58. The fraction of sp³-hybridized carbons (Fsp3) is 1.00. The first-order valence-corrected chi connectivity index (χ1v) is 3.58. The molecule has 1 saturated carbocycles. The van der Waals surface area contributed by atoms with Gasteiger partial charge in [0.1, 0.15) is 6.17 Å². The lowest BCUT2D eigenvalue weighted by molar-refractivity contribution is 0.131. The molecule has 1 rings (SSSR count). The third-order valence-electron chi connectivity index (χ3n) is 2.01. The van der Waals surface area contributed by atoms with Crippen LogP contribution in [0.3, 0.4) is 0 Å². The minimum absolute atomic E-state index is 0.295. The summed E-state index contributed by atoms with van der Waals surface area (Å²) in [5.41, 5.74) is 0. The average molecular weight is 132 g/mol. The quantitative estimate of drug-likeness (QED) is 0.617. The molecule has 0 saturated heterocycles. The highest BCUT2D eigenvalue weighted by Gasteiger charge is 2.20. The molecule has 54 valence electrons. The molecule has 0 aromatic rings. The van der Waals surface area contributed by atoms with Gasteiger partial charge in [-0.1, -0.05) is 19.3 Å². The Morgan fingerprint density at radius 3 is 2.56 bits per heavy atom. The van der Waals surface area contributed by atoms with E-state index in [1.54, 1.807) is 0 Å². The van der Waals surface area contributed by atoms with E-state index in [4.69, 9.17) is 5.11 Å². The van der Waals surface area contributed by atoms with E-state index in [0.29, 0.717) is 12.3 Å². The van der Waals surface area contributed by atoms with Crippen LogP contribution >= 0.6 is 0 Å². The van der Waals surface area contributed by atoms with Crippen LogP contribution in [0.1, 0.15) is 25.7 Å². The molecule has 0 aliphatic heterocycles. The number of aliphatic hydroxyl groups is 1. The third-order valence-corrected chi connectivity index (χ3v) is 2.01. The van der Waals surface area contributed by atoms with Crippen LogP contribution in [0, 0.1) is 5.92 Å². The Bertz CT molecular complexity index is 78.2. The molecule has 0 amide bonds. The number of alkyl halides is 1. The summed E-state index contributed by atoms with van der Waals surface area (Å²) in [7, 11) is 0. The van der Waals surface area contributed by atoms with E-state index < -0.39 is 6.17 Å². The molecule has 1 aliphatic carbocycles. The van der Waals surface area contributed by atoms with E-state index in [1.807, 2.05) is 0 Å². The molecule has 0 spiro atoms. The lowest BCUT2D eigenvalue weighted by atomic mass is 9.82. The Hall–Kier alpha value is -0.110. The lowest BCUT2D eigenvalue weighted by Crippen LogP contribution is -2.18. The summed E-state index contributed by atoms with van der Waals surface area (Å²) in [6, 6.07) is 0. The van der Waals surface area contributed by atoms with Crippen molar-refractivity contribution in [1.29, 1.82) is 0 Å². The molecule has 1 N–H and O–H groups in total. The second kappa shape index (κ2) is 3.16. The van der Waals surface area contributed by atoms with Gasteiger partial charge in [-0.25, -0.2) is 4.39 Å². The van der Waals surface area contributed by atoms with Crippen molar-refractivity contribution >= 4 is 0 Å². The second-order valence-electron chi connectivity index (χ2n) is 2.81. The van der Waals surface area contributed by atoms with Gasteiger partial charge in [-0.15, -0.1) is 0 Å². The summed E-state index contributed by atoms with van der Waals surface area (Å²) in [6.07, 6.45) is 3.20. The molecule has 0 bridgehead atoms. The van der Waals surface area contributed by atoms with Crippen LogP contribution in [0.5, 0.6) is 0 Å². The lowest BCUT2D eigenvalue weighted by Gasteiger charge is -2.25. The van der Waals surface area contributed by atoms with E-state index in [2.05, 4.69) is 0 Å². The van der Waals surface area contributed by atoms with Crippen LogP contribution in [0.2, 0.25) is 0 Å². The van der Waals surface area contributed by atoms with Gasteiger partial charge in [0.25, 0.3) is 0 Å². The van der Waals surface area contributed by atoms with Crippen molar-refractivity contribution in [2.24, 2.45) is 5.92 Å². The summed E-state index contributed by atoms with van der Waals surface area (Å²) in [6.45, 7) is -0.295. The highest BCUT2D eigenvalue weighted by molar-refractivity contribution is 4.72. The zero-order valence-corrected chi connectivity index (χ0v) is 5.52. The van der Waals surface area contributed by atoms with Gasteiger partial charge in [0.05, 0.1) is 6.61 Å². The van der Waals surface area contributed by atoms with Gasteiger partial charge in [0, 0.05) is 0 Å². The van der Waals surface area contributed by atoms with Crippen LogP contribution in [0.25, 0.3) is 0 Å². The van der Waals surface area contributed by atoms with Crippen molar-refractivity contribution in [1.82, 2.24) is 0 Å². The molecule has 9 heavy (non-hydrogen) atoms. The SMILES string of the molecule is OC[C@@H](F)CC1CCC1. The fourth-order valence-electron chi connectivity index (χ4n) is 1.16. The molecule has 0 aromatic heterocycles. The van der Waals surface area contributed by atoms with Crippen molar-refractivity contribution in [2.45, 2.75) is 31.9 Å². The Balaban J connectivity index is 2.01. The van der Waals surface area contributed by atoms with Crippen molar-refractivity contribution in [3.05, 3.63) is 0 Å². The summed E-state index contributed by atoms with van der Waals surface area (Å²) in [5.74, 6) is 0.576. The van der Waals surface area contributed by atoms with Gasteiger partial charge in [-0.2, -0.15) is 0 Å². The van der Waals surface area contributed by atoms with E-state index in [0.717, 1.165) is 0 Å². The van der Waals surface area contributed by atoms with Crippen molar-refractivity contribution in [2.75, 3.05) is 6.61 Å². The molecular weight excluding hydrogens is 119 g/mol. The molecule has 0 radical (unpaired) electrons. The van der Waals surface area contributed by atoms with Gasteiger partial charge in [-0.3, -0.25) is 0 Å². The monoisotopic (exact) mass is 132 g/mol. The predicted molar refractivity (Wildman–Crippen MR) is 33.9 cm³/mol. The smallest absolute Gasteiger partial charge is 0.123 e. The van der Waals surface area contributed by atoms with E-state index >= 15 is 0 Å². The maximum Gasteiger partial charge on any atom is 0.123 e. The normalized spacial score (nSPS) is 23.3. The minimum Gasteiger partial charge on any atom is -0.393 e. The molecule has 1 fully saturated rings. The predicted octanol–water partition coefficient (Wildman–Crippen LogP) is 1.51. The standard InChI is InChI=1S/C7H13FO/c8-7(5-9)4-6-2-1-3-6/h6-7,9H,1-5H2/t7-/m0/s1. The van der Waals surface area contributed by atoms with Crippen LogP contribution in [0.4, 0.5) is 4.39 Å². The molecule has 1 atom stereocenters. The van der Waals surface area contributed by atoms with Crippen LogP contribution < -0.4 is 0 Å². The zero-order valence-electron chi connectivity index (χ0n) is 5.52. The van der Waals surface area contributed by atoms with Crippen molar-refractivity contribution < 1.29 is 9.50 Å². The molecule has 0 aromatic carbocycles. The highest BCUT2D eigenvalue weighted by atomic mass is 19.1. The Kier molecular flexibility index (Phi) is 2.46. The van der Waals surface area contributed by atoms with Gasteiger partial charge in [0.15, 0.2) is 0 Å². The molecule has 1 aliphatic rings. The largest absolute Gasteiger partial charge is 0.393 e. The first-order chi connectivity index (χ1) is 4.33. The van der Waals surface area contributed by atoms with Crippen LogP contribution in [-0.2, 0) is 0 Å². The van der Waals surface area contributed by atoms with Gasteiger partial charge >= 0.3 is 0 Å². The topological polar surface area (TPSA) is 20.2 Å². The Labute approximate surface area is 54.9 Å². The summed E-state index contributed by atoms with van der Waals surface area (Å²) >= 11 is 0. The van der Waals surface area contributed by atoms with Gasteiger partial charge in [0.2, 0.25) is 0 Å². The molecule has 1 nitrogen and oxygen atoms in total. The second-order valence-corrected chi connectivity index (χ2v) is 2.81. The first kappa shape index (κ1) is 7.00. The van der Waals surface area contributed by atoms with Crippen LogP contribution in [0.15, 0.2) is 0 Å². The molecule has 0 heterocycles. The van der Waals surface area contributed by atoms with Crippen molar-refractivity contribution in [3.8, 4) is 0 Å². The Morgan fingerprint density at radius 1 is 1.56 bits per heavy atom. The molecule has 2 heteroatoms. The van der Waals surface area contributed by atoms with Crippen molar-refractivity contribution in [3.63, 3.8) is 0 Å². The summed E-state index contributed by atoms with van der Waals surface area (Å²) < 4.78 is 12.4. The number of aliphatic hydroxyl groups excluding tert-OH is 1. The van der Waals surface area contributed by atoms with Crippen LogP contribution in [-0.4, -0.2) is 17.9 Å². The minimum atomic E-state index is -0.963. The molecular formula is C7H13FO. The number of hydrogen-bond donors (Lipinski definition) is 1. The maximum absolute atomic E-state index is 12.4. The molecule has 0 unspecified atom stereocenters. The number of rotatable bonds is 3. The average Bonchev–Trinajstić information content (AvgIpc) is 1.78. The zero-order chi connectivity index (χ0) is 6.69. The van der Waals surface area contributed by atoms with Gasteiger partial charge in [-0.05, 0) is 12.3 Å². The third kappa shape index (κ3) is 1.94. The van der Waals surface area contributed by atoms with E-state index in [-0.39, 0.29) is 6.61 Å². The van der Waals surface area contributed by atoms with E-state index in [9.17, 15) is 4.39 Å². The Morgan fingerprint density at radius 2 is 2.22 bits per heavy atom. The summed E-state index contributed by atoms with van der Waals surface area (Å²) in [4.78, 5) is 0. The number of hydrogen-bond acceptors (Lipinski definition) is 1. The van der Waals surface area contributed by atoms with Gasteiger partial charge < -0.3 is 5.11 Å². The fourth-order valence-corrected chi connectivity index (χ4v) is 1.16. The highest BCUT2D eigenvalue weighted by Crippen LogP contribution is 2.30. The van der Waals surface area contributed by atoms with E-state index in [1.165, 1.54) is 19.3 Å². The number of halogens is 1.